The van der Waals surface area contributed by atoms with Crippen molar-refractivity contribution < 1.29 is 0 Å². The molecule has 0 aliphatic carbocycles. The summed E-state index contributed by atoms with van der Waals surface area (Å²) < 4.78 is 2.78. The number of nitrogen functional groups attached to an aromatic ring is 1. The van der Waals surface area contributed by atoms with E-state index < -0.39 is 0 Å². The van der Waals surface area contributed by atoms with Gasteiger partial charge >= 0.3 is 0 Å². The maximum absolute atomic E-state index is 5.93. The molecule has 1 heterocycles. The molecular weight excluding hydrogens is 256 g/mol. The Hall–Kier alpha value is -1.36. The lowest BCUT2D eigenvalue weighted by atomic mass is 10.1. The number of rotatable bonds is 2. The molecule has 78 valence electrons. The Balaban J connectivity index is 2.54. The van der Waals surface area contributed by atoms with Gasteiger partial charge in [0.1, 0.15) is 6.33 Å². The van der Waals surface area contributed by atoms with Crippen LogP contribution in [0, 0.1) is 0 Å². The van der Waals surface area contributed by atoms with Crippen molar-refractivity contribution >= 4 is 21.6 Å². The van der Waals surface area contributed by atoms with E-state index in [-0.39, 0.29) is 0 Å². The van der Waals surface area contributed by atoms with E-state index in [1.54, 1.807) is 6.33 Å². The molecular formula is C10H11BrN4. The van der Waals surface area contributed by atoms with Gasteiger partial charge in [-0.05, 0) is 25.1 Å². The van der Waals surface area contributed by atoms with E-state index >= 15 is 0 Å². The first-order valence-electron chi connectivity index (χ1n) is 4.65. The number of hydrogen-bond acceptors (Lipinski definition) is 3. The summed E-state index contributed by atoms with van der Waals surface area (Å²) in [5.41, 5.74) is 7.54. The Morgan fingerprint density at radius 3 is 2.93 bits per heavy atom. The highest BCUT2D eigenvalue weighted by Crippen LogP contribution is 2.26. The predicted octanol–water partition coefficient (Wildman–Crippen LogP) is 2.31. The maximum atomic E-state index is 5.93. The van der Waals surface area contributed by atoms with Gasteiger partial charge in [0.15, 0.2) is 5.82 Å². The van der Waals surface area contributed by atoms with Crippen LogP contribution < -0.4 is 5.73 Å². The van der Waals surface area contributed by atoms with E-state index in [0.717, 1.165) is 22.4 Å². The fraction of sp³-hybridized carbons (Fsp3) is 0.200. The topological polar surface area (TPSA) is 56.7 Å². The third-order valence-corrected chi connectivity index (χ3v) is 2.66. The largest absolute Gasteiger partial charge is 0.398 e. The molecule has 1 aromatic carbocycles. The van der Waals surface area contributed by atoms with Crippen LogP contribution in [0.1, 0.15) is 6.92 Å². The number of benzene rings is 1. The number of halogens is 1. The number of nitrogens with two attached hydrogens (primary N) is 1. The molecule has 0 saturated heterocycles. The highest BCUT2D eigenvalue weighted by molar-refractivity contribution is 9.10. The molecule has 0 unspecified atom stereocenters. The molecule has 2 rings (SSSR count). The molecule has 2 aromatic rings. The summed E-state index contributed by atoms with van der Waals surface area (Å²) in [4.78, 5) is 4.20. The minimum Gasteiger partial charge on any atom is -0.398 e. The number of aryl methyl sites for hydroxylation is 1. The van der Waals surface area contributed by atoms with Gasteiger partial charge in [0.2, 0.25) is 0 Å². The van der Waals surface area contributed by atoms with Gasteiger partial charge in [-0.15, -0.1) is 0 Å². The molecule has 0 aliphatic heterocycles. The van der Waals surface area contributed by atoms with Crippen molar-refractivity contribution in [2.45, 2.75) is 13.5 Å². The SMILES string of the molecule is CCn1ncnc1-c1ccc(Br)cc1N. The summed E-state index contributed by atoms with van der Waals surface area (Å²) in [7, 11) is 0. The van der Waals surface area contributed by atoms with Gasteiger partial charge in [-0.2, -0.15) is 5.10 Å². The van der Waals surface area contributed by atoms with Crippen molar-refractivity contribution in [3.63, 3.8) is 0 Å². The zero-order valence-corrected chi connectivity index (χ0v) is 9.90. The first-order chi connectivity index (χ1) is 7.22. The first-order valence-corrected chi connectivity index (χ1v) is 5.45. The lowest BCUT2D eigenvalue weighted by Gasteiger charge is -2.06. The Kier molecular flexibility index (Phi) is 2.73. The van der Waals surface area contributed by atoms with Crippen molar-refractivity contribution in [3.05, 3.63) is 29.0 Å². The Morgan fingerprint density at radius 2 is 2.27 bits per heavy atom. The molecule has 15 heavy (non-hydrogen) atoms. The fourth-order valence-electron chi connectivity index (χ4n) is 1.44. The molecule has 0 fully saturated rings. The minimum atomic E-state index is 0.701. The van der Waals surface area contributed by atoms with E-state index in [9.17, 15) is 0 Å². The van der Waals surface area contributed by atoms with Gasteiger partial charge in [0, 0.05) is 22.3 Å². The molecule has 1 aromatic heterocycles. The second-order valence-electron chi connectivity index (χ2n) is 3.13. The number of aromatic nitrogens is 3. The van der Waals surface area contributed by atoms with E-state index in [1.807, 2.05) is 29.8 Å². The molecule has 0 bridgehead atoms. The van der Waals surface area contributed by atoms with Crippen molar-refractivity contribution in [1.82, 2.24) is 14.8 Å². The fourth-order valence-corrected chi connectivity index (χ4v) is 1.82. The molecule has 0 saturated carbocycles. The second-order valence-corrected chi connectivity index (χ2v) is 4.05. The van der Waals surface area contributed by atoms with E-state index in [0.29, 0.717) is 5.69 Å². The number of nitrogens with zero attached hydrogens (tertiary/aromatic N) is 3. The van der Waals surface area contributed by atoms with Crippen LogP contribution in [-0.4, -0.2) is 14.8 Å². The van der Waals surface area contributed by atoms with Gasteiger partial charge in [-0.25, -0.2) is 9.67 Å². The van der Waals surface area contributed by atoms with Gasteiger partial charge in [0.05, 0.1) is 0 Å². The highest BCUT2D eigenvalue weighted by atomic mass is 79.9. The van der Waals surface area contributed by atoms with Crippen LogP contribution in [0.25, 0.3) is 11.4 Å². The van der Waals surface area contributed by atoms with Crippen LogP contribution in [0.4, 0.5) is 5.69 Å². The lowest BCUT2D eigenvalue weighted by Crippen LogP contribution is -2.01. The summed E-state index contributed by atoms with van der Waals surface area (Å²) >= 11 is 3.37. The van der Waals surface area contributed by atoms with Crippen LogP contribution in [0.15, 0.2) is 29.0 Å². The van der Waals surface area contributed by atoms with Crippen LogP contribution >= 0.6 is 15.9 Å². The van der Waals surface area contributed by atoms with Gasteiger partial charge in [0.25, 0.3) is 0 Å². The highest BCUT2D eigenvalue weighted by Gasteiger charge is 2.09. The molecule has 4 nitrogen and oxygen atoms in total. The van der Waals surface area contributed by atoms with Crippen LogP contribution in [0.2, 0.25) is 0 Å². The van der Waals surface area contributed by atoms with Crippen molar-refractivity contribution in [3.8, 4) is 11.4 Å². The van der Waals surface area contributed by atoms with Crippen LogP contribution in [0.5, 0.6) is 0 Å². The van der Waals surface area contributed by atoms with Gasteiger partial charge in [-0.3, -0.25) is 0 Å². The maximum Gasteiger partial charge on any atom is 0.160 e. The molecule has 0 atom stereocenters. The minimum absolute atomic E-state index is 0.701. The molecule has 5 heteroatoms. The number of anilines is 1. The molecule has 0 spiro atoms. The van der Waals surface area contributed by atoms with E-state index in [2.05, 4.69) is 26.0 Å². The number of hydrogen-bond donors (Lipinski definition) is 1. The van der Waals surface area contributed by atoms with Crippen molar-refractivity contribution in [2.75, 3.05) is 5.73 Å². The lowest BCUT2D eigenvalue weighted by molar-refractivity contribution is 0.666. The quantitative estimate of drug-likeness (QED) is 0.849. The zero-order chi connectivity index (χ0) is 10.8. The Bertz CT molecular complexity index is 478. The standard InChI is InChI=1S/C10H11BrN4/c1-2-15-10(13-6-14-15)8-4-3-7(11)5-9(8)12/h3-6H,2,12H2,1H3. The summed E-state index contributed by atoms with van der Waals surface area (Å²) in [6.07, 6.45) is 1.54. The average molecular weight is 267 g/mol. The summed E-state index contributed by atoms with van der Waals surface area (Å²) in [5, 5.41) is 4.11. The van der Waals surface area contributed by atoms with Crippen LogP contribution in [-0.2, 0) is 6.54 Å². The molecule has 0 amide bonds. The molecule has 0 radical (unpaired) electrons. The van der Waals surface area contributed by atoms with E-state index in [4.69, 9.17) is 5.73 Å². The summed E-state index contributed by atoms with van der Waals surface area (Å²) in [6.45, 7) is 2.80. The summed E-state index contributed by atoms with van der Waals surface area (Å²) in [6, 6.07) is 5.75. The third-order valence-electron chi connectivity index (χ3n) is 2.17. The molecule has 2 N–H and O–H groups in total. The van der Waals surface area contributed by atoms with Crippen LogP contribution in [0.3, 0.4) is 0 Å². The third kappa shape index (κ3) is 1.87. The first kappa shape index (κ1) is 10.2. The Labute approximate surface area is 96.3 Å². The molecule has 0 aliphatic rings. The van der Waals surface area contributed by atoms with Gasteiger partial charge < -0.3 is 5.73 Å². The zero-order valence-electron chi connectivity index (χ0n) is 8.31. The second kappa shape index (κ2) is 4.02. The van der Waals surface area contributed by atoms with Crippen molar-refractivity contribution in [2.24, 2.45) is 0 Å². The van der Waals surface area contributed by atoms with Crippen molar-refractivity contribution in [1.29, 1.82) is 0 Å². The monoisotopic (exact) mass is 266 g/mol. The van der Waals surface area contributed by atoms with E-state index in [1.165, 1.54) is 0 Å². The summed E-state index contributed by atoms with van der Waals surface area (Å²) in [5.74, 6) is 0.808. The predicted molar refractivity (Wildman–Crippen MR) is 63.2 cm³/mol. The average Bonchev–Trinajstić information content (AvgIpc) is 2.65. The normalized spacial score (nSPS) is 10.5. The Morgan fingerprint density at radius 1 is 1.47 bits per heavy atom. The smallest absolute Gasteiger partial charge is 0.160 e. The van der Waals surface area contributed by atoms with Gasteiger partial charge in [-0.1, -0.05) is 15.9 Å².